The largest absolute Gasteiger partial charge is 0.497 e. The number of amides is 1. The summed E-state index contributed by atoms with van der Waals surface area (Å²) in [7, 11) is -2.33. The number of methoxy groups -OCH3 is 1. The van der Waals surface area contributed by atoms with Gasteiger partial charge in [-0.1, -0.05) is 18.2 Å². The number of sulfonamides is 1. The van der Waals surface area contributed by atoms with Crippen molar-refractivity contribution >= 4 is 27.3 Å². The van der Waals surface area contributed by atoms with E-state index in [9.17, 15) is 13.2 Å². The van der Waals surface area contributed by atoms with Crippen LogP contribution in [0.15, 0.2) is 71.6 Å². The standard InChI is InChI=1S/C22H22N2O4S/c1-15-5-4-6-19(13-15)23-22(25)17-8-7-16(2)21(14-17)29(26,27)24-18-9-11-20(28-3)12-10-18/h4-14,24H,1-3H3,(H,23,25). The second kappa shape index (κ2) is 8.36. The summed E-state index contributed by atoms with van der Waals surface area (Å²) in [6.07, 6.45) is 0. The monoisotopic (exact) mass is 410 g/mol. The van der Waals surface area contributed by atoms with E-state index in [-0.39, 0.29) is 16.4 Å². The Hall–Kier alpha value is -3.32. The summed E-state index contributed by atoms with van der Waals surface area (Å²) in [4.78, 5) is 12.7. The van der Waals surface area contributed by atoms with Crippen molar-refractivity contribution in [2.24, 2.45) is 0 Å². The Labute approximate surface area is 170 Å². The summed E-state index contributed by atoms with van der Waals surface area (Å²) in [5.41, 5.74) is 2.86. The topological polar surface area (TPSA) is 84.5 Å². The first-order valence-electron chi connectivity index (χ1n) is 8.94. The highest BCUT2D eigenvalue weighted by Gasteiger charge is 2.19. The molecule has 0 aliphatic carbocycles. The maximum absolute atomic E-state index is 12.9. The van der Waals surface area contributed by atoms with Gasteiger partial charge in [-0.2, -0.15) is 0 Å². The highest BCUT2D eigenvalue weighted by molar-refractivity contribution is 7.92. The summed E-state index contributed by atoms with van der Waals surface area (Å²) < 4.78 is 33.4. The van der Waals surface area contributed by atoms with Gasteiger partial charge in [-0.3, -0.25) is 9.52 Å². The molecular weight excluding hydrogens is 388 g/mol. The number of hydrogen-bond acceptors (Lipinski definition) is 4. The number of anilines is 2. The Morgan fingerprint density at radius 3 is 2.28 bits per heavy atom. The Balaban J connectivity index is 1.86. The fourth-order valence-corrected chi connectivity index (χ4v) is 4.16. The Bertz CT molecular complexity index is 1140. The van der Waals surface area contributed by atoms with Crippen molar-refractivity contribution in [3.63, 3.8) is 0 Å². The van der Waals surface area contributed by atoms with E-state index in [1.165, 1.54) is 13.2 Å². The lowest BCUT2D eigenvalue weighted by molar-refractivity contribution is 0.102. The van der Waals surface area contributed by atoms with Gasteiger partial charge in [0.05, 0.1) is 12.0 Å². The van der Waals surface area contributed by atoms with Crippen LogP contribution in [0.3, 0.4) is 0 Å². The molecule has 3 aromatic carbocycles. The number of aryl methyl sites for hydroxylation is 2. The van der Waals surface area contributed by atoms with E-state index in [2.05, 4.69) is 10.0 Å². The molecule has 2 N–H and O–H groups in total. The van der Waals surface area contributed by atoms with Crippen LogP contribution < -0.4 is 14.8 Å². The number of benzene rings is 3. The predicted octanol–water partition coefficient (Wildman–Crippen LogP) is 4.37. The summed E-state index contributed by atoms with van der Waals surface area (Å²) in [6, 6.07) is 18.5. The molecule has 0 aromatic heterocycles. The van der Waals surface area contributed by atoms with Gasteiger partial charge >= 0.3 is 0 Å². The summed E-state index contributed by atoms with van der Waals surface area (Å²) in [5.74, 6) is 0.246. The van der Waals surface area contributed by atoms with Crippen LogP contribution in [0.25, 0.3) is 0 Å². The quantitative estimate of drug-likeness (QED) is 0.632. The fourth-order valence-electron chi connectivity index (χ4n) is 2.83. The summed E-state index contributed by atoms with van der Waals surface area (Å²) in [5, 5.41) is 2.79. The van der Waals surface area contributed by atoms with Crippen molar-refractivity contribution in [2.45, 2.75) is 18.7 Å². The molecule has 0 fully saturated rings. The smallest absolute Gasteiger partial charge is 0.262 e. The van der Waals surface area contributed by atoms with Crippen LogP contribution in [-0.2, 0) is 10.0 Å². The third kappa shape index (κ3) is 4.94. The number of carbonyl (C=O) groups is 1. The minimum atomic E-state index is -3.87. The van der Waals surface area contributed by atoms with E-state index in [4.69, 9.17) is 4.74 Å². The predicted molar refractivity (Wildman–Crippen MR) is 114 cm³/mol. The molecule has 6 nitrogen and oxygen atoms in total. The molecule has 0 atom stereocenters. The maximum atomic E-state index is 12.9. The fraction of sp³-hybridized carbons (Fsp3) is 0.136. The van der Waals surface area contributed by atoms with Crippen LogP contribution in [0, 0.1) is 13.8 Å². The van der Waals surface area contributed by atoms with Crippen molar-refractivity contribution in [2.75, 3.05) is 17.1 Å². The van der Waals surface area contributed by atoms with Crippen LogP contribution in [-0.4, -0.2) is 21.4 Å². The van der Waals surface area contributed by atoms with E-state index in [1.807, 2.05) is 25.1 Å². The molecule has 29 heavy (non-hydrogen) atoms. The summed E-state index contributed by atoms with van der Waals surface area (Å²) in [6.45, 7) is 3.61. The molecule has 0 aliphatic heterocycles. The molecular formula is C22H22N2O4S. The van der Waals surface area contributed by atoms with Crippen LogP contribution in [0.2, 0.25) is 0 Å². The van der Waals surface area contributed by atoms with Crippen LogP contribution in [0.5, 0.6) is 5.75 Å². The zero-order chi connectivity index (χ0) is 21.0. The van der Waals surface area contributed by atoms with E-state index < -0.39 is 10.0 Å². The Morgan fingerprint density at radius 1 is 0.897 bits per heavy atom. The van der Waals surface area contributed by atoms with Crippen molar-refractivity contribution < 1.29 is 17.9 Å². The number of rotatable bonds is 6. The number of ether oxygens (including phenoxy) is 1. The van der Waals surface area contributed by atoms with Gasteiger partial charge in [-0.25, -0.2) is 8.42 Å². The highest BCUT2D eigenvalue weighted by atomic mass is 32.2. The SMILES string of the molecule is COc1ccc(NS(=O)(=O)c2cc(C(=O)Nc3cccc(C)c3)ccc2C)cc1. The van der Waals surface area contributed by atoms with Crippen LogP contribution in [0.1, 0.15) is 21.5 Å². The van der Waals surface area contributed by atoms with E-state index in [0.717, 1.165) is 5.56 Å². The number of carbonyl (C=O) groups excluding carboxylic acids is 1. The number of nitrogens with one attached hydrogen (secondary N) is 2. The third-order valence-electron chi connectivity index (χ3n) is 4.36. The first-order valence-corrected chi connectivity index (χ1v) is 10.4. The normalized spacial score (nSPS) is 11.0. The zero-order valence-corrected chi connectivity index (χ0v) is 17.2. The molecule has 3 aromatic rings. The van der Waals surface area contributed by atoms with Crippen LogP contribution >= 0.6 is 0 Å². The number of hydrogen-bond donors (Lipinski definition) is 2. The molecule has 3 rings (SSSR count). The molecule has 0 saturated carbocycles. The lowest BCUT2D eigenvalue weighted by Gasteiger charge is -2.13. The highest BCUT2D eigenvalue weighted by Crippen LogP contribution is 2.23. The Morgan fingerprint density at radius 2 is 1.62 bits per heavy atom. The van der Waals surface area contributed by atoms with Gasteiger partial charge in [-0.05, 0) is 73.5 Å². The van der Waals surface area contributed by atoms with Crippen molar-refractivity contribution in [1.82, 2.24) is 0 Å². The molecule has 0 radical (unpaired) electrons. The first kappa shape index (κ1) is 20.4. The third-order valence-corrected chi connectivity index (χ3v) is 5.88. The van der Waals surface area contributed by atoms with Crippen molar-refractivity contribution in [1.29, 1.82) is 0 Å². The molecule has 7 heteroatoms. The van der Waals surface area contributed by atoms with Crippen molar-refractivity contribution in [3.05, 3.63) is 83.4 Å². The lowest BCUT2D eigenvalue weighted by Crippen LogP contribution is -2.17. The van der Waals surface area contributed by atoms with Gasteiger partial charge in [-0.15, -0.1) is 0 Å². The molecule has 0 bridgehead atoms. The minimum Gasteiger partial charge on any atom is -0.497 e. The molecule has 0 unspecified atom stereocenters. The van der Waals surface area contributed by atoms with Crippen molar-refractivity contribution in [3.8, 4) is 5.75 Å². The molecule has 0 spiro atoms. The second-order valence-electron chi connectivity index (χ2n) is 6.64. The maximum Gasteiger partial charge on any atom is 0.262 e. The zero-order valence-electron chi connectivity index (χ0n) is 16.4. The lowest BCUT2D eigenvalue weighted by atomic mass is 10.1. The molecule has 0 heterocycles. The molecule has 0 saturated heterocycles. The van der Waals surface area contributed by atoms with Gasteiger partial charge in [0.2, 0.25) is 0 Å². The van der Waals surface area contributed by atoms with E-state index in [1.54, 1.807) is 49.4 Å². The first-order chi connectivity index (χ1) is 13.8. The van der Waals surface area contributed by atoms with Gasteiger partial charge in [0.25, 0.3) is 15.9 Å². The average molecular weight is 410 g/mol. The van der Waals surface area contributed by atoms with Gasteiger partial charge in [0, 0.05) is 16.9 Å². The average Bonchev–Trinajstić information content (AvgIpc) is 2.68. The van der Waals surface area contributed by atoms with Crippen LogP contribution in [0.4, 0.5) is 11.4 Å². The molecule has 150 valence electrons. The van der Waals surface area contributed by atoms with Gasteiger partial charge in [0.15, 0.2) is 0 Å². The van der Waals surface area contributed by atoms with Gasteiger partial charge < -0.3 is 10.1 Å². The minimum absolute atomic E-state index is 0.0465. The summed E-state index contributed by atoms with van der Waals surface area (Å²) >= 11 is 0. The van der Waals surface area contributed by atoms with E-state index in [0.29, 0.717) is 22.7 Å². The molecule has 1 amide bonds. The second-order valence-corrected chi connectivity index (χ2v) is 8.29. The van der Waals surface area contributed by atoms with Gasteiger partial charge in [0.1, 0.15) is 5.75 Å². The molecule has 0 aliphatic rings. The Kier molecular flexibility index (Phi) is 5.89. The van der Waals surface area contributed by atoms with E-state index >= 15 is 0 Å².